The molecule has 1 aromatic heterocycles. The topological polar surface area (TPSA) is 50.3 Å². The van der Waals surface area contributed by atoms with Crippen molar-refractivity contribution in [3.05, 3.63) is 46.4 Å². The number of nitrogens with zero attached hydrogens (tertiary/aromatic N) is 2. The quantitative estimate of drug-likeness (QED) is 0.554. The van der Waals surface area contributed by atoms with Crippen molar-refractivity contribution in [2.24, 2.45) is 23.7 Å². The summed E-state index contributed by atoms with van der Waals surface area (Å²) < 4.78 is 0. The van der Waals surface area contributed by atoms with E-state index < -0.39 is 0 Å². The zero-order chi connectivity index (χ0) is 19.6. The van der Waals surface area contributed by atoms with Crippen molar-refractivity contribution in [1.29, 1.82) is 0 Å². The van der Waals surface area contributed by atoms with Crippen molar-refractivity contribution in [3.63, 3.8) is 0 Å². The Labute approximate surface area is 169 Å². The van der Waals surface area contributed by atoms with Crippen LogP contribution in [0, 0.1) is 23.7 Å². The Bertz CT molecular complexity index is 971. The second kappa shape index (κ2) is 6.38. The summed E-state index contributed by atoms with van der Waals surface area (Å²) in [5.74, 6) is 0.0887. The molecule has 3 fully saturated rings. The van der Waals surface area contributed by atoms with Gasteiger partial charge < -0.3 is 0 Å². The summed E-state index contributed by atoms with van der Waals surface area (Å²) in [6.45, 7) is 6.33. The molecule has 4 nitrogen and oxygen atoms in total. The van der Waals surface area contributed by atoms with E-state index in [9.17, 15) is 9.59 Å². The van der Waals surface area contributed by atoms with Crippen LogP contribution in [0.1, 0.15) is 38.5 Å². The number of anilines is 1. The van der Waals surface area contributed by atoms with Crippen molar-refractivity contribution < 1.29 is 9.59 Å². The Kier molecular flexibility index (Phi) is 4.05. The second-order valence-corrected chi connectivity index (χ2v) is 9.36. The van der Waals surface area contributed by atoms with Crippen molar-refractivity contribution in [1.82, 2.24) is 4.98 Å². The monoisotopic (exact) mass is 392 g/mol. The lowest BCUT2D eigenvalue weighted by Gasteiger charge is -2.18. The average Bonchev–Trinajstić information content (AvgIpc) is 3.43. The molecule has 1 saturated heterocycles. The molecule has 2 amide bonds. The zero-order valence-electron chi connectivity index (χ0n) is 16.4. The van der Waals surface area contributed by atoms with Crippen LogP contribution in [0.25, 0.3) is 11.3 Å². The van der Waals surface area contributed by atoms with Crippen molar-refractivity contribution >= 4 is 28.3 Å². The van der Waals surface area contributed by atoms with Crippen LogP contribution >= 0.6 is 11.3 Å². The number of hydrogen-bond donors (Lipinski definition) is 0. The Morgan fingerprint density at radius 1 is 1.07 bits per heavy atom. The molecule has 2 heterocycles. The summed E-state index contributed by atoms with van der Waals surface area (Å²) in [6.07, 6.45) is 2.90. The third-order valence-electron chi connectivity index (χ3n) is 6.68. The SMILES string of the molecule is CCc1sc(N2C(=O)[C@@H]3[C@H](C2=O)[C@@H]2CC[C@H]3C2=C(C)C)nc1-c1ccccc1. The minimum Gasteiger partial charge on any atom is -0.274 e. The number of hydrogen-bond acceptors (Lipinski definition) is 4. The summed E-state index contributed by atoms with van der Waals surface area (Å²) in [4.78, 5) is 34.0. The third-order valence-corrected chi connectivity index (χ3v) is 7.86. The highest BCUT2D eigenvalue weighted by Gasteiger charge is 2.64. The van der Waals surface area contributed by atoms with Crippen LogP contribution < -0.4 is 4.90 Å². The van der Waals surface area contributed by atoms with Gasteiger partial charge in [0.25, 0.3) is 0 Å². The van der Waals surface area contributed by atoms with Crippen LogP contribution in [-0.2, 0) is 16.0 Å². The van der Waals surface area contributed by atoms with Gasteiger partial charge in [-0.2, -0.15) is 0 Å². The summed E-state index contributed by atoms with van der Waals surface area (Å²) >= 11 is 1.49. The number of aryl methyl sites for hydroxylation is 1. The molecule has 0 radical (unpaired) electrons. The van der Waals surface area contributed by atoms with Crippen molar-refractivity contribution in [3.8, 4) is 11.3 Å². The molecule has 2 aromatic rings. The van der Waals surface area contributed by atoms with E-state index in [4.69, 9.17) is 4.98 Å². The summed E-state index contributed by atoms with van der Waals surface area (Å²) in [5.41, 5.74) is 4.61. The van der Waals surface area contributed by atoms with Crippen LogP contribution in [0.5, 0.6) is 0 Å². The lowest BCUT2D eigenvalue weighted by atomic mass is 9.81. The van der Waals surface area contributed by atoms with Gasteiger partial charge >= 0.3 is 0 Å². The number of benzene rings is 1. The Hall–Kier alpha value is -2.27. The van der Waals surface area contributed by atoms with Gasteiger partial charge in [0.1, 0.15) is 0 Å². The Morgan fingerprint density at radius 2 is 1.68 bits per heavy atom. The number of allylic oxidation sites excluding steroid dienone is 2. The molecule has 5 heteroatoms. The van der Waals surface area contributed by atoms with E-state index in [1.807, 2.05) is 30.3 Å². The average molecular weight is 393 g/mol. The van der Waals surface area contributed by atoms with E-state index in [1.165, 1.54) is 27.4 Å². The molecule has 0 spiro atoms. The molecular formula is C23H24N2O2S. The molecule has 3 aliphatic rings. The number of carbonyl (C=O) groups excluding carboxylic acids is 2. The van der Waals surface area contributed by atoms with E-state index in [0.29, 0.717) is 5.13 Å². The summed E-state index contributed by atoms with van der Waals surface area (Å²) in [7, 11) is 0. The number of amides is 2. The predicted molar refractivity (Wildman–Crippen MR) is 111 cm³/mol. The van der Waals surface area contributed by atoms with Crippen molar-refractivity contribution in [2.75, 3.05) is 4.90 Å². The van der Waals surface area contributed by atoms with Crippen molar-refractivity contribution in [2.45, 2.75) is 40.0 Å². The minimum atomic E-state index is -0.176. The zero-order valence-corrected chi connectivity index (χ0v) is 17.3. The maximum atomic E-state index is 13.4. The molecule has 1 aliphatic heterocycles. The van der Waals surface area contributed by atoms with E-state index in [-0.39, 0.29) is 35.5 Å². The van der Waals surface area contributed by atoms with E-state index in [2.05, 4.69) is 20.8 Å². The Balaban J connectivity index is 1.55. The van der Waals surface area contributed by atoms with Crippen LogP contribution in [-0.4, -0.2) is 16.8 Å². The molecule has 2 saturated carbocycles. The summed E-state index contributed by atoms with van der Waals surface area (Å²) in [5, 5.41) is 0.554. The lowest BCUT2D eigenvalue weighted by molar-refractivity contribution is -0.123. The van der Waals surface area contributed by atoms with Crippen LogP contribution in [0.3, 0.4) is 0 Å². The molecule has 2 aliphatic carbocycles. The lowest BCUT2D eigenvalue weighted by Crippen LogP contribution is -2.33. The second-order valence-electron chi connectivity index (χ2n) is 8.30. The maximum Gasteiger partial charge on any atom is 0.240 e. The third kappa shape index (κ3) is 2.32. The first-order valence-electron chi connectivity index (χ1n) is 10.1. The smallest absolute Gasteiger partial charge is 0.240 e. The van der Waals surface area contributed by atoms with Crippen LogP contribution in [0.4, 0.5) is 5.13 Å². The molecule has 1 aromatic carbocycles. The fourth-order valence-electron chi connectivity index (χ4n) is 5.68. The van der Waals surface area contributed by atoms with E-state index in [0.717, 1.165) is 35.4 Å². The molecule has 144 valence electrons. The van der Waals surface area contributed by atoms with Crippen LogP contribution in [0.2, 0.25) is 0 Å². The van der Waals surface area contributed by atoms with E-state index in [1.54, 1.807) is 0 Å². The van der Waals surface area contributed by atoms with Gasteiger partial charge in [0.05, 0.1) is 17.5 Å². The molecule has 0 unspecified atom stereocenters. The standard InChI is InChI=1S/C23H24N2O2S/c1-4-16-20(13-8-6-5-7-9-13)24-23(28-16)25-21(26)18-14-10-11-15(17(14)12(2)3)19(18)22(25)27/h5-9,14-15,18-19H,4,10-11H2,1-3H3/t14-,15+,18-,19+. The summed E-state index contributed by atoms with van der Waals surface area (Å²) in [6, 6.07) is 10.0. The fourth-order valence-corrected chi connectivity index (χ4v) is 6.71. The van der Waals surface area contributed by atoms with Gasteiger partial charge in [-0.25, -0.2) is 9.88 Å². The highest BCUT2D eigenvalue weighted by molar-refractivity contribution is 7.16. The van der Waals surface area contributed by atoms with Gasteiger partial charge in [0.15, 0.2) is 5.13 Å². The van der Waals surface area contributed by atoms with Gasteiger partial charge in [-0.3, -0.25) is 9.59 Å². The molecule has 0 N–H and O–H groups in total. The number of fused-ring (bicyclic) bond motifs is 5. The number of rotatable bonds is 3. The van der Waals surface area contributed by atoms with Gasteiger partial charge in [-0.15, -0.1) is 11.3 Å². The van der Waals surface area contributed by atoms with Crippen LogP contribution in [0.15, 0.2) is 41.5 Å². The minimum absolute atomic E-state index is 0.0306. The van der Waals surface area contributed by atoms with Gasteiger partial charge in [0, 0.05) is 10.4 Å². The molecule has 2 bridgehead atoms. The number of aromatic nitrogens is 1. The van der Waals surface area contributed by atoms with Gasteiger partial charge in [0.2, 0.25) is 11.8 Å². The van der Waals surface area contributed by atoms with E-state index >= 15 is 0 Å². The first kappa shape index (κ1) is 17.8. The normalized spacial score (nSPS) is 28.4. The predicted octanol–water partition coefficient (Wildman–Crippen LogP) is 4.85. The number of carbonyl (C=O) groups is 2. The Morgan fingerprint density at radius 3 is 2.21 bits per heavy atom. The number of imide groups is 1. The highest BCUT2D eigenvalue weighted by Crippen LogP contribution is 2.60. The molecule has 4 atom stereocenters. The molecular weight excluding hydrogens is 368 g/mol. The largest absolute Gasteiger partial charge is 0.274 e. The first-order chi connectivity index (χ1) is 13.5. The first-order valence-corrected chi connectivity index (χ1v) is 10.9. The number of thiazole rings is 1. The fraction of sp³-hybridized carbons (Fsp3) is 0.435. The van der Waals surface area contributed by atoms with Gasteiger partial charge in [-0.1, -0.05) is 48.4 Å². The van der Waals surface area contributed by atoms with Gasteiger partial charge in [-0.05, 0) is 44.9 Å². The molecule has 28 heavy (non-hydrogen) atoms. The highest BCUT2D eigenvalue weighted by atomic mass is 32.1. The maximum absolute atomic E-state index is 13.4. The molecule has 5 rings (SSSR count).